The predicted molar refractivity (Wildman–Crippen MR) is 123 cm³/mol. The summed E-state index contributed by atoms with van der Waals surface area (Å²) in [4.78, 5) is 5.06. The van der Waals surface area contributed by atoms with E-state index in [2.05, 4.69) is 82.3 Å². The second kappa shape index (κ2) is 6.18. The summed E-state index contributed by atoms with van der Waals surface area (Å²) in [6, 6.07) is 21.5. The van der Waals surface area contributed by atoms with Crippen molar-refractivity contribution in [3.8, 4) is 11.3 Å². The van der Waals surface area contributed by atoms with Gasteiger partial charge in [0.25, 0.3) is 0 Å². The summed E-state index contributed by atoms with van der Waals surface area (Å²) in [6.45, 7) is 11.0. The van der Waals surface area contributed by atoms with Gasteiger partial charge in [0, 0.05) is 16.3 Å². The summed E-state index contributed by atoms with van der Waals surface area (Å²) in [5.41, 5.74) is 6.47. The van der Waals surface area contributed by atoms with Crippen molar-refractivity contribution in [1.82, 2.24) is 4.98 Å². The molecule has 2 heterocycles. The van der Waals surface area contributed by atoms with Gasteiger partial charge < -0.3 is 4.42 Å². The third kappa shape index (κ3) is 2.74. The van der Waals surface area contributed by atoms with Crippen molar-refractivity contribution in [1.29, 1.82) is 0 Å². The maximum absolute atomic E-state index is 6.27. The van der Waals surface area contributed by atoms with Crippen molar-refractivity contribution in [3.63, 3.8) is 0 Å². The lowest BCUT2D eigenvalue weighted by atomic mass is 9.82. The highest BCUT2D eigenvalue weighted by molar-refractivity contribution is 6.11. The van der Waals surface area contributed by atoms with Gasteiger partial charge in [-0.25, -0.2) is 4.98 Å². The van der Waals surface area contributed by atoms with Crippen molar-refractivity contribution in [2.24, 2.45) is 0 Å². The number of hydrogen-bond acceptors (Lipinski definition) is 2. The van der Waals surface area contributed by atoms with Gasteiger partial charge in [0.05, 0.1) is 5.52 Å². The van der Waals surface area contributed by atoms with Crippen LogP contribution in [-0.4, -0.2) is 4.98 Å². The molecule has 0 saturated heterocycles. The fourth-order valence-corrected chi connectivity index (χ4v) is 4.34. The molecule has 2 nitrogen and oxygen atoms in total. The first-order valence-electron chi connectivity index (χ1n) is 10.2. The molecule has 29 heavy (non-hydrogen) atoms. The van der Waals surface area contributed by atoms with Crippen LogP contribution in [0, 0.1) is 13.8 Å². The Morgan fingerprint density at radius 1 is 0.828 bits per heavy atom. The molecular formula is C27H25NO. The molecule has 2 aromatic heterocycles. The number of hydrogen-bond donors (Lipinski definition) is 0. The number of para-hydroxylation sites is 1. The van der Waals surface area contributed by atoms with Crippen molar-refractivity contribution >= 4 is 32.6 Å². The standard InChI is InChI=1S/C27H25NO/c1-16-17(2)29-26-24(16)21-12-8-9-13-23(21)28-25(26)19-14-18-10-6-7-11-20(18)22(15-19)27(3,4)5/h6-15H,1-5H3. The van der Waals surface area contributed by atoms with Gasteiger partial charge in [-0.15, -0.1) is 0 Å². The van der Waals surface area contributed by atoms with E-state index in [0.29, 0.717) is 0 Å². The first-order chi connectivity index (χ1) is 13.8. The van der Waals surface area contributed by atoms with Crippen LogP contribution in [0.1, 0.15) is 37.7 Å². The van der Waals surface area contributed by atoms with Gasteiger partial charge in [0.2, 0.25) is 0 Å². The van der Waals surface area contributed by atoms with Crippen LogP contribution in [0.25, 0.3) is 43.9 Å². The first kappa shape index (κ1) is 17.9. The fourth-order valence-electron chi connectivity index (χ4n) is 4.34. The van der Waals surface area contributed by atoms with Crippen molar-refractivity contribution < 1.29 is 4.42 Å². The van der Waals surface area contributed by atoms with E-state index in [1.54, 1.807) is 0 Å². The average molecular weight is 380 g/mol. The molecule has 0 saturated carbocycles. The normalized spacial score (nSPS) is 12.3. The second-order valence-corrected chi connectivity index (χ2v) is 8.96. The Morgan fingerprint density at radius 2 is 1.52 bits per heavy atom. The van der Waals surface area contributed by atoms with E-state index in [9.17, 15) is 0 Å². The number of fused-ring (bicyclic) bond motifs is 4. The van der Waals surface area contributed by atoms with Crippen LogP contribution in [-0.2, 0) is 5.41 Å². The van der Waals surface area contributed by atoms with Gasteiger partial charge in [0.15, 0.2) is 5.58 Å². The lowest BCUT2D eigenvalue weighted by Crippen LogP contribution is -2.12. The van der Waals surface area contributed by atoms with Gasteiger partial charge in [-0.2, -0.15) is 0 Å². The monoisotopic (exact) mass is 379 g/mol. The Hall–Kier alpha value is -3.13. The van der Waals surface area contributed by atoms with E-state index in [4.69, 9.17) is 9.40 Å². The third-order valence-electron chi connectivity index (χ3n) is 5.95. The number of aromatic nitrogens is 1. The SMILES string of the molecule is Cc1oc2c(-c3cc(C(C)(C)C)c4ccccc4c3)nc3ccccc3c2c1C. The summed E-state index contributed by atoms with van der Waals surface area (Å²) in [5, 5.41) is 4.86. The van der Waals surface area contributed by atoms with E-state index >= 15 is 0 Å². The molecule has 0 amide bonds. The molecular weight excluding hydrogens is 354 g/mol. The smallest absolute Gasteiger partial charge is 0.161 e. The zero-order chi connectivity index (χ0) is 20.3. The Labute approximate surface area is 171 Å². The van der Waals surface area contributed by atoms with E-state index in [1.165, 1.54) is 27.3 Å². The van der Waals surface area contributed by atoms with E-state index in [0.717, 1.165) is 33.5 Å². The first-order valence-corrected chi connectivity index (χ1v) is 10.2. The summed E-state index contributed by atoms with van der Waals surface area (Å²) >= 11 is 0. The summed E-state index contributed by atoms with van der Waals surface area (Å²) in [7, 11) is 0. The molecule has 5 aromatic rings. The Kier molecular flexibility index (Phi) is 3.82. The zero-order valence-corrected chi connectivity index (χ0v) is 17.6. The topological polar surface area (TPSA) is 26.0 Å². The molecule has 0 aliphatic carbocycles. The fraction of sp³-hybridized carbons (Fsp3) is 0.222. The van der Waals surface area contributed by atoms with E-state index in [1.807, 2.05) is 13.0 Å². The van der Waals surface area contributed by atoms with E-state index < -0.39 is 0 Å². The second-order valence-electron chi connectivity index (χ2n) is 8.96. The largest absolute Gasteiger partial charge is 0.459 e. The molecule has 0 aliphatic rings. The predicted octanol–water partition coefficient (Wildman–Crippen LogP) is 7.72. The summed E-state index contributed by atoms with van der Waals surface area (Å²) < 4.78 is 6.27. The van der Waals surface area contributed by atoms with Crippen molar-refractivity contribution in [2.45, 2.75) is 40.0 Å². The lowest BCUT2D eigenvalue weighted by Gasteiger charge is -2.22. The minimum absolute atomic E-state index is 0.0283. The molecule has 0 fully saturated rings. The maximum Gasteiger partial charge on any atom is 0.161 e. The van der Waals surface area contributed by atoms with Crippen LogP contribution in [0.3, 0.4) is 0 Å². The molecule has 5 rings (SSSR count). The molecule has 3 aromatic carbocycles. The van der Waals surface area contributed by atoms with Crippen LogP contribution in [0.4, 0.5) is 0 Å². The minimum atomic E-state index is 0.0283. The number of nitrogens with zero attached hydrogens (tertiary/aromatic N) is 1. The molecule has 0 N–H and O–H groups in total. The molecule has 0 unspecified atom stereocenters. The molecule has 0 aliphatic heterocycles. The number of furan rings is 1. The number of benzene rings is 3. The summed E-state index contributed by atoms with van der Waals surface area (Å²) in [5.74, 6) is 0.955. The molecule has 0 atom stereocenters. The highest BCUT2D eigenvalue weighted by Gasteiger charge is 2.22. The van der Waals surface area contributed by atoms with Gasteiger partial charge >= 0.3 is 0 Å². The molecule has 0 spiro atoms. The van der Waals surface area contributed by atoms with Crippen molar-refractivity contribution in [3.05, 3.63) is 77.6 Å². The number of pyridine rings is 1. The number of aryl methyl sites for hydroxylation is 2. The van der Waals surface area contributed by atoms with Gasteiger partial charge in [0.1, 0.15) is 11.5 Å². The minimum Gasteiger partial charge on any atom is -0.459 e. The quantitative estimate of drug-likeness (QED) is 0.298. The highest BCUT2D eigenvalue weighted by atomic mass is 16.3. The van der Waals surface area contributed by atoms with Crippen LogP contribution in [0.15, 0.2) is 65.1 Å². The van der Waals surface area contributed by atoms with Crippen LogP contribution in [0.2, 0.25) is 0 Å². The molecule has 0 bridgehead atoms. The Bertz CT molecular complexity index is 1400. The van der Waals surface area contributed by atoms with Crippen LogP contribution in [0.5, 0.6) is 0 Å². The summed E-state index contributed by atoms with van der Waals surface area (Å²) in [6.07, 6.45) is 0. The molecule has 0 radical (unpaired) electrons. The highest BCUT2D eigenvalue weighted by Crippen LogP contribution is 2.40. The molecule has 2 heteroatoms. The molecule has 144 valence electrons. The Balaban J connectivity index is 1.93. The van der Waals surface area contributed by atoms with Crippen molar-refractivity contribution in [2.75, 3.05) is 0 Å². The van der Waals surface area contributed by atoms with Gasteiger partial charge in [-0.05, 0) is 59.4 Å². The number of rotatable bonds is 1. The zero-order valence-electron chi connectivity index (χ0n) is 17.6. The maximum atomic E-state index is 6.27. The van der Waals surface area contributed by atoms with Crippen LogP contribution >= 0.6 is 0 Å². The lowest BCUT2D eigenvalue weighted by molar-refractivity contribution is 0.575. The van der Waals surface area contributed by atoms with Gasteiger partial charge in [-0.3, -0.25) is 0 Å². The average Bonchev–Trinajstić information content (AvgIpc) is 3.00. The third-order valence-corrected chi connectivity index (χ3v) is 5.95. The Morgan fingerprint density at radius 3 is 2.28 bits per heavy atom. The van der Waals surface area contributed by atoms with Gasteiger partial charge in [-0.1, -0.05) is 63.2 Å². The van der Waals surface area contributed by atoms with Crippen LogP contribution < -0.4 is 0 Å². The van der Waals surface area contributed by atoms with E-state index in [-0.39, 0.29) is 5.41 Å².